The average Bonchev–Trinajstić information content (AvgIpc) is 3.02. The van der Waals surface area contributed by atoms with Crippen molar-refractivity contribution in [2.75, 3.05) is 13.2 Å². The second kappa shape index (κ2) is 7.73. The Morgan fingerprint density at radius 1 is 1.27 bits per heavy atom. The van der Waals surface area contributed by atoms with Crippen LogP contribution in [-0.2, 0) is 10.0 Å². The molecule has 0 fully saturated rings. The third-order valence-corrected chi connectivity index (χ3v) is 5.49. The van der Waals surface area contributed by atoms with Gasteiger partial charge < -0.3 is 9.84 Å². The Morgan fingerprint density at radius 2 is 2.05 bits per heavy atom. The molecule has 1 aromatic carbocycles. The van der Waals surface area contributed by atoms with Gasteiger partial charge in [0.25, 0.3) is 0 Å². The van der Waals surface area contributed by atoms with Crippen molar-refractivity contribution >= 4 is 21.4 Å². The molecule has 1 unspecified atom stereocenters. The second-order valence-corrected chi connectivity index (χ2v) is 7.31. The zero-order chi connectivity index (χ0) is 16.0. The molecule has 0 saturated heterocycles. The number of benzene rings is 1. The third-order valence-electron chi connectivity index (χ3n) is 3.02. The van der Waals surface area contributed by atoms with Gasteiger partial charge in [-0.2, -0.15) is 0 Å². The van der Waals surface area contributed by atoms with Crippen LogP contribution >= 0.6 is 11.3 Å². The molecule has 7 heteroatoms. The number of para-hydroxylation sites is 1. The standard InChI is InChI=1S/C15H19NO4S2/c1-2-20-13-6-3-4-8-15(13)22(18,19)16-10-9-12(17)14-7-5-11-21-14/h3-8,11-12,16-17H,2,9-10H2,1H3. The van der Waals surface area contributed by atoms with Crippen LogP contribution in [0, 0.1) is 0 Å². The molecule has 0 aliphatic heterocycles. The number of ether oxygens (including phenoxy) is 1. The summed E-state index contributed by atoms with van der Waals surface area (Å²) in [6.07, 6.45) is -0.346. The summed E-state index contributed by atoms with van der Waals surface area (Å²) < 4.78 is 32.5. The molecule has 1 aromatic heterocycles. The number of hydrogen-bond donors (Lipinski definition) is 2. The van der Waals surface area contributed by atoms with Crippen LogP contribution in [0.2, 0.25) is 0 Å². The van der Waals surface area contributed by atoms with Crippen LogP contribution in [0.4, 0.5) is 0 Å². The summed E-state index contributed by atoms with van der Waals surface area (Å²) in [6.45, 7) is 2.35. The molecule has 2 aromatic rings. The minimum atomic E-state index is -3.66. The molecule has 1 atom stereocenters. The number of thiophene rings is 1. The Kier molecular flexibility index (Phi) is 5.96. The Balaban J connectivity index is 1.99. The molecule has 2 rings (SSSR count). The smallest absolute Gasteiger partial charge is 0.244 e. The van der Waals surface area contributed by atoms with Crippen molar-refractivity contribution in [3.63, 3.8) is 0 Å². The van der Waals surface area contributed by atoms with Crippen LogP contribution < -0.4 is 9.46 Å². The highest BCUT2D eigenvalue weighted by atomic mass is 32.2. The van der Waals surface area contributed by atoms with Crippen molar-refractivity contribution in [1.29, 1.82) is 0 Å². The largest absolute Gasteiger partial charge is 0.492 e. The fourth-order valence-corrected chi connectivity index (χ4v) is 3.92. The number of rotatable bonds is 8. The average molecular weight is 341 g/mol. The van der Waals surface area contributed by atoms with Crippen molar-refractivity contribution in [2.24, 2.45) is 0 Å². The van der Waals surface area contributed by atoms with Gasteiger partial charge in [0.2, 0.25) is 10.0 Å². The molecule has 22 heavy (non-hydrogen) atoms. The predicted molar refractivity (Wildman–Crippen MR) is 86.7 cm³/mol. The maximum absolute atomic E-state index is 12.3. The van der Waals surface area contributed by atoms with Crippen LogP contribution in [0.5, 0.6) is 5.75 Å². The Labute approximate surface area is 134 Å². The first-order chi connectivity index (χ1) is 10.5. The quantitative estimate of drug-likeness (QED) is 0.774. The molecule has 0 radical (unpaired) electrons. The molecular formula is C15H19NO4S2. The van der Waals surface area contributed by atoms with Crippen LogP contribution in [0.15, 0.2) is 46.7 Å². The topological polar surface area (TPSA) is 75.6 Å². The van der Waals surface area contributed by atoms with Crippen LogP contribution in [0.1, 0.15) is 24.3 Å². The van der Waals surface area contributed by atoms with Gasteiger partial charge in [0.05, 0.1) is 12.7 Å². The van der Waals surface area contributed by atoms with Crippen molar-refractivity contribution in [3.05, 3.63) is 46.7 Å². The van der Waals surface area contributed by atoms with Gasteiger partial charge >= 0.3 is 0 Å². The molecular weight excluding hydrogens is 322 g/mol. The van der Waals surface area contributed by atoms with Gasteiger partial charge in [-0.05, 0) is 36.9 Å². The molecule has 2 N–H and O–H groups in total. The lowest BCUT2D eigenvalue weighted by Crippen LogP contribution is -2.26. The van der Waals surface area contributed by atoms with Gasteiger partial charge in [0.1, 0.15) is 10.6 Å². The zero-order valence-electron chi connectivity index (χ0n) is 12.2. The van der Waals surface area contributed by atoms with Crippen molar-refractivity contribution in [1.82, 2.24) is 4.72 Å². The number of aliphatic hydroxyl groups is 1. The molecule has 0 saturated carbocycles. The molecule has 0 aliphatic carbocycles. The fourth-order valence-electron chi connectivity index (χ4n) is 1.98. The highest BCUT2D eigenvalue weighted by Gasteiger charge is 2.19. The molecule has 0 bridgehead atoms. The van der Waals surface area contributed by atoms with E-state index in [-0.39, 0.29) is 11.4 Å². The molecule has 0 aliphatic rings. The fraction of sp³-hybridized carbons (Fsp3) is 0.333. The number of aliphatic hydroxyl groups excluding tert-OH is 1. The summed E-state index contributed by atoms with van der Waals surface area (Å²) in [7, 11) is -3.66. The van der Waals surface area contributed by atoms with Gasteiger partial charge in [-0.1, -0.05) is 18.2 Å². The maximum Gasteiger partial charge on any atom is 0.244 e. The molecule has 120 valence electrons. The third kappa shape index (κ3) is 4.30. The second-order valence-electron chi connectivity index (χ2n) is 4.60. The van der Waals surface area contributed by atoms with Crippen molar-refractivity contribution < 1.29 is 18.3 Å². The Morgan fingerprint density at radius 3 is 2.73 bits per heavy atom. The molecule has 0 spiro atoms. The minimum absolute atomic E-state index is 0.113. The normalized spacial score (nSPS) is 13.0. The van der Waals surface area contributed by atoms with E-state index in [1.165, 1.54) is 17.4 Å². The van der Waals surface area contributed by atoms with E-state index in [4.69, 9.17) is 4.74 Å². The Bertz CT molecular complexity index is 683. The van der Waals surface area contributed by atoms with E-state index in [1.807, 2.05) is 17.5 Å². The summed E-state index contributed by atoms with van der Waals surface area (Å²) in [4.78, 5) is 0.941. The summed E-state index contributed by atoms with van der Waals surface area (Å²) >= 11 is 1.45. The van der Waals surface area contributed by atoms with Gasteiger partial charge in [-0.25, -0.2) is 13.1 Å². The van der Waals surface area contributed by atoms with E-state index in [1.54, 1.807) is 25.1 Å². The molecule has 5 nitrogen and oxygen atoms in total. The van der Waals surface area contributed by atoms with E-state index in [0.29, 0.717) is 18.8 Å². The van der Waals surface area contributed by atoms with Gasteiger partial charge in [0.15, 0.2) is 0 Å². The highest BCUT2D eigenvalue weighted by molar-refractivity contribution is 7.89. The summed E-state index contributed by atoms with van der Waals surface area (Å²) in [5.41, 5.74) is 0. The highest BCUT2D eigenvalue weighted by Crippen LogP contribution is 2.24. The van der Waals surface area contributed by atoms with Crippen molar-refractivity contribution in [3.8, 4) is 5.75 Å². The summed E-state index contributed by atoms with van der Waals surface area (Å²) in [5.74, 6) is 0.330. The monoisotopic (exact) mass is 341 g/mol. The lowest BCUT2D eigenvalue weighted by molar-refractivity contribution is 0.173. The first-order valence-corrected chi connectivity index (χ1v) is 9.34. The van der Waals surface area contributed by atoms with E-state index in [0.717, 1.165) is 4.88 Å². The van der Waals surface area contributed by atoms with Gasteiger partial charge in [-0.15, -0.1) is 11.3 Å². The van der Waals surface area contributed by atoms with Crippen molar-refractivity contribution in [2.45, 2.75) is 24.3 Å². The van der Waals surface area contributed by atoms with Gasteiger partial charge in [0, 0.05) is 11.4 Å². The number of hydrogen-bond acceptors (Lipinski definition) is 5. The maximum atomic E-state index is 12.3. The lowest BCUT2D eigenvalue weighted by Gasteiger charge is -2.13. The first kappa shape index (κ1) is 17.0. The van der Waals surface area contributed by atoms with E-state index in [9.17, 15) is 13.5 Å². The van der Waals surface area contributed by atoms with E-state index < -0.39 is 16.1 Å². The SMILES string of the molecule is CCOc1ccccc1S(=O)(=O)NCCC(O)c1cccs1. The summed E-state index contributed by atoms with van der Waals surface area (Å²) in [5, 5.41) is 11.8. The van der Waals surface area contributed by atoms with Crippen LogP contribution in [0.3, 0.4) is 0 Å². The van der Waals surface area contributed by atoms with Crippen LogP contribution in [-0.4, -0.2) is 26.7 Å². The number of nitrogens with one attached hydrogen (secondary N) is 1. The predicted octanol–water partition coefficient (Wildman–Crippen LogP) is 2.55. The van der Waals surface area contributed by atoms with E-state index in [2.05, 4.69) is 4.72 Å². The molecule has 1 heterocycles. The van der Waals surface area contributed by atoms with E-state index >= 15 is 0 Å². The van der Waals surface area contributed by atoms with Gasteiger partial charge in [-0.3, -0.25) is 0 Å². The Hall–Kier alpha value is -1.41. The minimum Gasteiger partial charge on any atom is -0.492 e. The molecule has 0 amide bonds. The lowest BCUT2D eigenvalue weighted by atomic mass is 10.2. The number of sulfonamides is 1. The zero-order valence-corrected chi connectivity index (χ0v) is 13.9. The summed E-state index contributed by atoms with van der Waals surface area (Å²) in [6, 6.07) is 10.2. The van der Waals surface area contributed by atoms with Crippen LogP contribution in [0.25, 0.3) is 0 Å². The first-order valence-electron chi connectivity index (χ1n) is 6.97.